The minimum Gasteiger partial charge on any atom is -0.482 e. The molecule has 0 bridgehead atoms. The van der Waals surface area contributed by atoms with Gasteiger partial charge in [-0.05, 0) is 42.5 Å². The molecule has 2 N–H and O–H groups in total. The van der Waals surface area contributed by atoms with Crippen LogP contribution in [0.15, 0.2) is 64.5 Å². The van der Waals surface area contributed by atoms with Gasteiger partial charge in [0.05, 0.1) is 9.92 Å². The summed E-state index contributed by atoms with van der Waals surface area (Å²) in [7, 11) is -3.60. The molecule has 0 unspecified atom stereocenters. The van der Waals surface area contributed by atoms with Crippen molar-refractivity contribution in [1.29, 1.82) is 0 Å². The summed E-state index contributed by atoms with van der Waals surface area (Å²) in [4.78, 5) is 12.0. The first-order valence-electron chi connectivity index (χ1n) is 7.40. The van der Waals surface area contributed by atoms with Crippen LogP contribution in [0.2, 0.25) is 5.02 Å². The van der Waals surface area contributed by atoms with Crippen molar-refractivity contribution in [2.45, 2.75) is 4.90 Å². The van der Waals surface area contributed by atoms with E-state index in [9.17, 15) is 13.2 Å². The van der Waals surface area contributed by atoms with Gasteiger partial charge in [0.15, 0.2) is 6.61 Å². The predicted molar refractivity (Wildman–Crippen MR) is 105 cm³/mol. The van der Waals surface area contributed by atoms with Crippen molar-refractivity contribution in [3.8, 4) is 5.75 Å². The molecular formula is C17H16BrClN2O4S. The molecule has 0 atom stereocenters. The van der Waals surface area contributed by atoms with Crippen LogP contribution in [0.3, 0.4) is 0 Å². The molecular weight excluding hydrogens is 444 g/mol. The first-order valence-corrected chi connectivity index (χ1v) is 10.1. The number of nitrogens with one attached hydrogen (secondary N) is 2. The van der Waals surface area contributed by atoms with Crippen molar-refractivity contribution in [1.82, 2.24) is 4.72 Å². The average Bonchev–Trinajstić information content (AvgIpc) is 2.60. The lowest BCUT2D eigenvalue weighted by Gasteiger charge is -2.10. The molecule has 0 spiro atoms. The molecule has 2 rings (SSSR count). The molecule has 0 radical (unpaired) electrons. The van der Waals surface area contributed by atoms with Gasteiger partial charge >= 0.3 is 0 Å². The molecule has 0 heterocycles. The minimum atomic E-state index is -3.60. The van der Waals surface area contributed by atoms with Crippen LogP contribution in [-0.2, 0) is 14.8 Å². The Labute approximate surface area is 165 Å². The van der Waals surface area contributed by atoms with E-state index in [2.05, 4.69) is 32.5 Å². The number of hydrogen-bond donors (Lipinski definition) is 2. The highest BCUT2D eigenvalue weighted by molar-refractivity contribution is 9.10. The Morgan fingerprint density at radius 1 is 1.23 bits per heavy atom. The van der Waals surface area contributed by atoms with Gasteiger partial charge in [-0.25, -0.2) is 13.1 Å². The Bertz CT molecular complexity index is 901. The first-order chi connectivity index (χ1) is 12.3. The molecule has 0 saturated heterocycles. The molecule has 138 valence electrons. The zero-order chi connectivity index (χ0) is 19.2. The van der Waals surface area contributed by atoms with Crippen LogP contribution in [0.1, 0.15) is 0 Å². The van der Waals surface area contributed by atoms with Gasteiger partial charge in [0, 0.05) is 16.7 Å². The van der Waals surface area contributed by atoms with E-state index in [-0.39, 0.29) is 18.0 Å². The normalized spacial score (nSPS) is 11.0. The molecule has 0 aromatic heterocycles. The molecule has 26 heavy (non-hydrogen) atoms. The maximum atomic E-state index is 12.0. The Hall–Kier alpha value is -1.87. The summed E-state index contributed by atoms with van der Waals surface area (Å²) >= 11 is 9.30. The van der Waals surface area contributed by atoms with Crippen LogP contribution in [0.25, 0.3) is 0 Å². The fourth-order valence-corrected chi connectivity index (χ4v) is 3.63. The van der Waals surface area contributed by atoms with Crippen molar-refractivity contribution in [3.63, 3.8) is 0 Å². The van der Waals surface area contributed by atoms with Gasteiger partial charge in [-0.2, -0.15) is 0 Å². The fourth-order valence-electron chi connectivity index (χ4n) is 1.90. The van der Waals surface area contributed by atoms with Crippen LogP contribution in [0.4, 0.5) is 5.69 Å². The number of carbonyl (C=O) groups is 1. The van der Waals surface area contributed by atoms with Crippen molar-refractivity contribution in [2.24, 2.45) is 0 Å². The van der Waals surface area contributed by atoms with Gasteiger partial charge in [0.2, 0.25) is 10.0 Å². The van der Waals surface area contributed by atoms with Crippen molar-refractivity contribution in [2.75, 3.05) is 18.5 Å². The molecule has 0 aliphatic heterocycles. The number of amides is 1. The van der Waals surface area contributed by atoms with E-state index >= 15 is 0 Å². The molecule has 1 amide bonds. The number of rotatable bonds is 8. The van der Waals surface area contributed by atoms with Gasteiger partial charge in [-0.3, -0.25) is 4.79 Å². The summed E-state index contributed by atoms with van der Waals surface area (Å²) < 4.78 is 32.4. The number of carbonyl (C=O) groups excluding carboxylic acids is 1. The predicted octanol–water partition coefficient (Wildman–Crippen LogP) is 3.58. The van der Waals surface area contributed by atoms with Crippen LogP contribution < -0.4 is 14.8 Å². The summed E-state index contributed by atoms with van der Waals surface area (Å²) in [6, 6.07) is 10.8. The maximum Gasteiger partial charge on any atom is 0.262 e. The molecule has 2 aromatic rings. The minimum absolute atomic E-state index is 0.0928. The van der Waals surface area contributed by atoms with E-state index in [1.165, 1.54) is 30.3 Å². The van der Waals surface area contributed by atoms with E-state index in [1.54, 1.807) is 18.2 Å². The van der Waals surface area contributed by atoms with Gasteiger partial charge < -0.3 is 10.1 Å². The monoisotopic (exact) mass is 458 g/mol. The Kier molecular flexibility index (Phi) is 7.22. The Morgan fingerprint density at radius 2 is 1.92 bits per heavy atom. The van der Waals surface area contributed by atoms with Gasteiger partial charge in [-0.1, -0.05) is 33.6 Å². The van der Waals surface area contributed by atoms with Crippen LogP contribution in [-0.4, -0.2) is 27.5 Å². The maximum absolute atomic E-state index is 12.0. The smallest absolute Gasteiger partial charge is 0.262 e. The molecule has 0 saturated carbocycles. The number of anilines is 1. The lowest BCUT2D eigenvalue weighted by atomic mass is 10.3. The molecule has 0 aliphatic carbocycles. The highest BCUT2D eigenvalue weighted by Gasteiger charge is 2.13. The summed E-state index contributed by atoms with van der Waals surface area (Å²) in [6.45, 7) is 3.36. The number of sulfonamides is 1. The molecule has 9 heteroatoms. The third-order valence-corrected chi connectivity index (χ3v) is 5.35. The second kappa shape index (κ2) is 9.18. The van der Waals surface area contributed by atoms with E-state index in [4.69, 9.17) is 16.3 Å². The fraction of sp³-hybridized carbons (Fsp3) is 0.118. The van der Waals surface area contributed by atoms with Crippen molar-refractivity contribution in [3.05, 3.63) is 64.6 Å². The SMILES string of the molecule is C=CCNS(=O)(=O)c1ccc(NC(=O)COc2ccc(Br)cc2Cl)cc1. The number of hydrogen-bond acceptors (Lipinski definition) is 4. The highest BCUT2D eigenvalue weighted by Crippen LogP contribution is 2.27. The van der Waals surface area contributed by atoms with Gasteiger partial charge in [-0.15, -0.1) is 6.58 Å². The number of ether oxygens (including phenoxy) is 1. The second-order valence-electron chi connectivity index (χ2n) is 5.08. The summed E-state index contributed by atoms with van der Waals surface area (Å²) in [5.41, 5.74) is 0.447. The van der Waals surface area contributed by atoms with Crippen molar-refractivity contribution < 1.29 is 17.9 Å². The molecule has 0 aliphatic rings. The van der Waals surface area contributed by atoms with Crippen LogP contribution in [0, 0.1) is 0 Å². The largest absolute Gasteiger partial charge is 0.482 e. The van der Waals surface area contributed by atoms with Crippen LogP contribution >= 0.6 is 27.5 Å². The standard InChI is InChI=1S/C17H16BrClN2O4S/c1-2-9-20-26(23,24)14-6-4-13(5-7-14)21-17(22)11-25-16-8-3-12(18)10-15(16)19/h2-8,10,20H,1,9,11H2,(H,21,22). The highest BCUT2D eigenvalue weighted by atomic mass is 79.9. The van der Waals surface area contributed by atoms with Crippen molar-refractivity contribution >= 4 is 49.1 Å². The topological polar surface area (TPSA) is 84.5 Å². The Balaban J connectivity index is 1.94. The average molecular weight is 460 g/mol. The number of benzene rings is 2. The second-order valence-corrected chi connectivity index (χ2v) is 8.17. The van der Waals surface area contributed by atoms with E-state index in [0.29, 0.717) is 16.5 Å². The zero-order valence-corrected chi connectivity index (χ0v) is 16.7. The van der Waals surface area contributed by atoms with E-state index < -0.39 is 15.9 Å². The number of halogens is 2. The van der Waals surface area contributed by atoms with Crippen LogP contribution in [0.5, 0.6) is 5.75 Å². The first kappa shape index (κ1) is 20.4. The zero-order valence-electron chi connectivity index (χ0n) is 13.5. The molecule has 0 fully saturated rings. The summed E-state index contributed by atoms with van der Waals surface area (Å²) in [5.74, 6) is -0.0101. The van der Waals surface area contributed by atoms with E-state index in [0.717, 1.165) is 4.47 Å². The lowest BCUT2D eigenvalue weighted by molar-refractivity contribution is -0.118. The summed E-state index contributed by atoms with van der Waals surface area (Å²) in [5, 5.41) is 3.00. The van der Waals surface area contributed by atoms with E-state index in [1.807, 2.05) is 0 Å². The molecule has 2 aromatic carbocycles. The van der Waals surface area contributed by atoms with Gasteiger partial charge in [0.25, 0.3) is 5.91 Å². The lowest BCUT2D eigenvalue weighted by Crippen LogP contribution is -2.23. The Morgan fingerprint density at radius 3 is 2.54 bits per heavy atom. The third-order valence-electron chi connectivity index (χ3n) is 3.12. The quantitative estimate of drug-likeness (QED) is 0.591. The summed E-state index contributed by atoms with van der Waals surface area (Å²) in [6.07, 6.45) is 1.45. The third kappa shape index (κ3) is 5.84. The molecule has 6 nitrogen and oxygen atoms in total. The van der Waals surface area contributed by atoms with Gasteiger partial charge in [0.1, 0.15) is 5.75 Å².